The van der Waals surface area contributed by atoms with Crippen LogP contribution >= 0.6 is 0 Å². The fourth-order valence-corrected chi connectivity index (χ4v) is 4.56. The van der Waals surface area contributed by atoms with Crippen LogP contribution in [0.5, 0.6) is 0 Å². The molecular weight excluding hydrogens is 449 g/mol. The summed E-state index contributed by atoms with van der Waals surface area (Å²) in [4.78, 5) is 20.0. The molecule has 3 atom stereocenters. The summed E-state index contributed by atoms with van der Waals surface area (Å²) in [6.07, 6.45) is 2.99. The fraction of sp³-hybridized carbons (Fsp3) is 0.360. The molecule has 180 valence electrons. The molecule has 10 heteroatoms. The lowest BCUT2D eigenvalue weighted by molar-refractivity contribution is 0.102. The van der Waals surface area contributed by atoms with Crippen molar-refractivity contribution in [2.75, 3.05) is 29.9 Å². The second-order valence-corrected chi connectivity index (χ2v) is 9.32. The number of hydrogen-bond acceptors (Lipinski definition) is 7. The molecule has 1 aliphatic heterocycles. The van der Waals surface area contributed by atoms with E-state index < -0.39 is 6.17 Å². The first-order chi connectivity index (χ1) is 17.0. The molecule has 1 saturated heterocycles. The van der Waals surface area contributed by atoms with Crippen LogP contribution in [0, 0.1) is 6.92 Å². The minimum absolute atomic E-state index is 0.252. The Morgan fingerprint density at radius 1 is 1.29 bits per heavy atom. The van der Waals surface area contributed by atoms with Crippen LogP contribution in [0.15, 0.2) is 47.2 Å². The van der Waals surface area contributed by atoms with Crippen molar-refractivity contribution < 1.29 is 13.7 Å². The lowest BCUT2D eigenvalue weighted by Gasteiger charge is -2.35. The van der Waals surface area contributed by atoms with Gasteiger partial charge in [-0.1, -0.05) is 17.3 Å². The number of piperazine rings is 1. The Kier molecular flexibility index (Phi) is 5.25. The van der Waals surface area contributed by atoms with Crippen LogP contribution < -0.4 is 15.5 Å². The average Bonchev–Trinajstić information content (AvgIpc) is 3.24. The molecule has 4 heterocycles. The van der Waals surface area contributed by atoms with Crippen LogP contribution in [-0.4, -0.2) is 57.5 Å². The molecule has 1 aromatic carbocycles. The van der Waals surface area contributed by atoms with Gasteiger partial charge in [-0.05, 0) is 44.0 Å². The van der Waals surface area contributed by atoms with Gasteiger partial charge in [0.05, 0.1) is 23.2 Å². The summed E-state index contributed by atoms with van der Waals surface area (Å²) in [6.45, 7) is 6.85. The predicted molar refractivity (Wildman–Crippen MR) is 130 cm³/mol. The normalized spacial score (nSPS) is 21.9. The van der Waals surface area contributed by atoms with Crippen LogP contribution in [0.4, 0.5) is 15.8 Å². The van der Waals surface area contributed by atoms with Crippen LogP contribution in [0.2, 0.25) is 0 Å². The summed E-state index contributed by atoms with van der Waals surface area (Å²) in [6, 6.07) is 9.96. The summed E-state index contributed by atoms with van der Waals surface area (Å²) >= 11 is 0. The molecule has 6 rings (SSSR count). The summed E-state index contributed by atoms with van der Waals surface area (Å²) in [5.74, 6) is 0.142. The maximum Gasteiger partial charge on any atom is 0.259 e. The van der Waals surface area contributed by atoms with Gasteiger partial charge in [-0.3, -0.25) is 4.79 Å². The van der Waals surface area contributed by atoms with Gasteiger partial charge in [0.15, 0.2) is 0 Å². The van der Waals surface area contributed by atoms with Gasteiger partial charge in [0, 0.05) is 48.8 Å². The zero-order chi connectivity index (χ0) is 24.1. The molecule has 4 aromatic rings. The number of aromatic nitrogens is 4. The number of halogens is 1. The molecule has 3 aromatic heterocycles. The molecule has 1 amide bonds. The summed E-state index contributed by atoms with van der Waals surface area (Å²) in [7, 11) is 0. The number of benzene rings is 1. The van der Waals surface area contributed by atoms with Crippen molar-refractivity contribution >= 4 is 22.8 Å². The van der Waals surface area contributed by atoms with E-state index in [1.54, 1.807) is 16.8 Å². The van der Waals surface area contributed by atoms with Crippen molar-refractivity contribution in [1.82, 2.24) is 25.1 Å². The van der Waals surface area contributed by atoms with Gasteiger partial charge < -0.3 is 20.1 Å². The standard InChI is InChI=1S/C25H26FN7O2/c1-14-3-4-16(23-30-25(35-31-23)18-11-20(18)26)9-21(14)29-24(34)19-13-28-33-7-5-17(10-22(19)33)32-8-6-27-12-15(32)2/h3-5,7,9-10,13,15,18,20,27H,6,8,11-12H2,1-2H3,(H,29,34)/t15-,18-,20-/m0/s1. The Hall–Kier alpha value is -3.79. The zero-order valence-electron chi connectivity index (χ0n) is 19.5. The Balaban J connectivity index is 1.26. The lowest BCUT2D eigenvalue weighted by atomic mass is 10.1. The SMILES string of the molecule is Cc1ccc(-c2noc([C@H]3C[C@@H]3F)n2)cc1NC(=O)c1cnn2ccc(N3CCNC[C@@H]3C)cc12. The minimum atomic E-state index is -0.905. The maximum absolute atomic E-state index is 13.3. The quantitative estimate of drug-likeness (QED) is 0.455. The Bertz CT molecular complexity index is 1410. The molecule has 2 N–H and O–H groups in total. The van der Waals surface area contributed by atoms with E-state index in [4.69, 9.17) is 4.52 Å². The van der Waals surface area contributed by atoms with E-state index in [-0.39, 0.29) is 11.8 Å². The zero-order valence-corrected chi connectivity index (χ0v) is 19.5. The van der Waals surface area contributed by atoms with Crippen LogP contribution in [0.25, 0.3) is 16.9 Å². The number of carbonyl (C=O) groups is 1. The van der Waals surface area contributed by atoms with Crippen LogP contribution in [-0.2, 0) is 0 Å². The third-order valence-electron chi connectivity index (χ3n) is 6.80. The molecule has 35 heavy (non-hydrogen) atoms. The third-order valence-corrected chi connectivity index (χ3v) is 6.80. The van der Waals surface area contributed by atoms with Crippen molar-refractivity contribution in [2.24, 2.45) is 0 Å². The van der Waals surface area contributed by atoms with E-state index in [0.717, 1.165) is 36.4 Å². The van der Waals surface area contributed by atoms with Gasteiger partial charge >= 0.3 is 0 Å². The molecule has 1 aliphatic carbocycles. The van der Waals surface area contributed by atoms with Crippen molar-refractivity contribution in [3.8, 4) is 11.4 Å². The number of pyridine rings is 1. The molecule has 1 saturated carbocycles. The predicted octanol–water partition coefficient (Wildman–Crippen LogP) is 3.57. The Morgan fingerprint density at radius 3 is 2.94 bits per heavy atom. The van der Waals surface area contributed by atoms with Crippen LogP contribution in [0.1, 0.15) is 41.1 Å². The van der Waals surface area contributed by atoms with Crippen molar-refractivity contribution in [3.05, 3.63) is 59.7 Å². The molecule has 2 fully saturated rings. The molecule has 0 bridgehead atoms. The number of amides is 1. The Labute approximate surface area is 201 Å². The number of aryl methyl sites for hydroxylation is 1. The number of nitrogens with one attached hydrogen (secondary N) is 2. The van der Waals surface area contributed by atoms with Crippen LogP contribution in [0.3, 0.4) is 0 Å². The van der Waals surface area contributed by atoms with E-state index in [1.165, 1.54) is 0 Å². The van der Waals surface area contributed by atoms with E-state index in [9.17, 15) is 9.18 Å². The summed E-state index contributed by atoms with van der Waals surface area (Å²) < 4.78 is 20.3. The van der Waals surface area contributed by atoms with E-state index in [0.29, 0.717) is 41.0 Å². The number of carbonyl (C=O) groups excluding carboxylic acids is 1. The van der Waals surface area contributed by atoms with E-state index in [1.807, 2.05) is 37.4 Å². The summed E-state index contributed by atoms with van der Waals surface area (Å²) in [5.41, 5.74) is 4.52. The smallest absolute Gasteiger partial charge is 0.259 e. The monoisotopic (exact) mass is 475 g/mol. The third kappa shape index (κ3) is 4.03. The molecular formula is C25H26FN7O2. The molecule has 0 spiro atoms. The lowest BCUT2D eigenvalue weighted by Crippen LogP contribution is -2.49. The number of anilines is 2. The van der Waals surface area contributed by atoms with Gasteiger partial charge in [0.1, 0.15) is 6.17 Å². The number of alkyl halides is 1. The first-order valence-electron chi connectivity index (χ1n) is 11.8. The van der Waals surface area contributed by atoms with E-state index in [2.05, 4.69) is 37.7 Å². The Morgan fingerprint density at radius 2 is 2.14 bits per heavy atom. The maximum atomic E-state index is 13.3. The minimum Gasteiger partial charge on any atom is -0.366 e. The van der Waals surface area contributed by atoms with Crippen molar-refractivity contribution in [1.29, 1.82) is 0 Å². The highest BCUT2D eigenvalue weighted by Gasteiger charge is 2.43. The number of rotatable bonds is 5. The van der Waals surface area contributed by atoms with E-state index >= 15 is 0 Å². The summed E-state index contributed by atoms with van der Waals surface area (Å²) in [5, 5.41) is 14.8. The number of hydrogen-bond donors (Lipinski definition) is 2. The largest absolute Gasteiger partial charge is 0.366 e. The molecule has 9 nitrogen and oxygen atoms in total. The van der Waals surface area contributed by atoms with Gasteiger partial charge in [0.2, 0.25) is 11.7 Å². The second-order valence-electron chi connectivity index (χ2n) is 9.32. The van der Waals surface area contributed by atoms with Gasteiger partial charge in [-0.25, -0.2) is 8.91 Å². The highest BCUT2D eigenvalue weighted by atomic mass is 19.1. The molecule has 2 aliphatic rings. The highest BCUT2D eigenvalue weighted by Crippen LogP contribution is 2.43. The average molecular weight is 476 g/mol. The number of fused-ring (bicyclic) bond motifs is 1. The number of nitrogens with zero attached hydrogens (tertiary/aromatic N) is 5. The first kappa shape index (κ1) is 21.7. The fourth-order valence-electron chi connectivity index (χ4n) is 4.56. The van der Waals surface area contributed by atoms with Crippen molar-refractivity contribution in [3.63, 3.8) is 0 Å². The first-order valence-corrected chi connectivity index (χ1v) is 11.8. The molecule has 0 unspecified atom stereocenters. The highest BCUT2D eigenvalue weighted by molar-refractivity contribution is 6.09. The molecule has 0 radical (unpaired) electrons. The van der Waals surface area contributed by atoms with Crippen molar-refractivity contribution in [2.45, 2.75) is 38.4 Å². The van der Waals surface area contributed by atoms with Gasteiger partial charge in [-0.2, -0.15) is 10.1 Å². The van der Waals surface area contributed by atoms with Gasteiger partial charge in [-0.15, -0.1) is 0 Å². The van der Waals surface area contributed by atoms with Gasteiger partial charge in [0.25, 0.3) is 5.91 Å². The second kappa shape index (κ2) is 8.46. The topological polar surface area (TPSA) is 101 Å².